The maximum absolute atomic E-state index is 13.5. The zero-order chi connectivity index (χ0) is 22.7. The van der Waals surface area contributed by atoms with Gasteiger partial charge in [-0.3, -0.25) is 14.2 Å². The first-order chi connectivity index (χ1) is 15.5. The lowest BCUT2D eigenvalue weighted by Gasteiger charge is -2.22. The molecule has 0 aliphatic rings. The molecule has 1 heterocycles. The van der Waals surface area contributed by atoms with Crippen molar-refractivity contribution in [3.63, 3.8) is 0 Å². The normalized spacial score (nSPS) is 12.0. The molecular weight excluding hydrogens is 442 g/mol. The van der Waals surface area contributed by atoms with Crippen LogP contribution in [0, 0.1) is 0 Å². The predicted octanol–water partition coefficient (Wildman–Crippen LogP) is 5.02. The van der Waals surface area contributed by atoms with E-state index in [1.807, 2.05) is 66.7 Å². The summed E-state index contributed by atoms with van der Waals surface area (Å²) in [5.74, 6) is -0.0760. The second kappa shape index (κ2) is 9.59. The lowest BCUT2D eigenvalue weighted by molar-refractivity contribution is -0.128. The van der Waals surface area contributed by atoms with E-state index in [0.717, 1.165) is 11.1 Å². The molecule has 0 aliphatic heterocycles. The van der Waals surface area contributed by atoms with Crippen LogP contribution >= 0.6 is 23.4 Å². The largest absolute Gasteiger partial charge is 0.348 e. The highest BCUT2D eigenvalue weighted by molar-refractivity contribution is 8.00. The van der Waals surface area contributed by atoms with Gasteiger partial charge in [0.1, 0.15) is 5.25 Å². The smallest absolute Gasteiger partial charge is 0.262 e. The van der Waals surface area contributed by atoms with Crippen LogP contribution in [0.5, 0.6) is 0 Å². The van der Waals surface area contributed by atoms with Crippen molar-refractivity contribution in [1.29, 1.82) is 0 Å². The first-order valence-electron chi connectivity index (χ1n) is 10.1. The fraction of sp³-hybridized carbons (Fsp3) is 0.160. The minimum Gasteiger partial charge on any atom is -0.348 e. The Morgan fingerprint density at radius 3 is 2.38 bits per heavy atom. The number of benzene rings is 3. The maximum Gasteiger partial charge on any atom is 0.262 e. The highest BCUT2D eigenvalue weighted by Gasteiger charge is 2.26. The Balaban J connectivity index is 1.87. The summed E-state index contributed by atoms with van der Waals surface area (Å²) >= 11 is 7.66. The molecule has 0 bridgehead atoms. The van der Waals surface area contributed by atoms with Crippen molar-refractivity contribution in [2.45, 2.75) is 17.0 Å². The average molecular weight is 464 g/mol. The maximum atomic E-state index is 13.5. The van der Waals surface area contributed by atoms with Crippen molar-refractivity contribution >= 4 is 40.2 Å². The molecule has 1 aromatic heterocycles. The van der Waals surface area contributed by atoms with E-state index in [0.29, 0.717) is 21.1 Å². The third kappa shape index (κ3) is 4.56. The van der Waals surface area contributed by atoms with Crippen LogP contribution in [0.2, 0.25) is 5.02 Å². The highest BCUT2D eigenvalue weighted by atomic mass is 35.5. The first kappa shape index (κ1) is 22.1. The number of hydrogen-bond acceptors (Lipinski definition) is 4. The monoisotopic (exact) mass is 463 g/mol. The SMILES string of the molecule is CN(C)C(=O)[C@@H](Sc1nc2ccccc2c(=O)n1Cc1ccccc1Cl)c1ccccc1. The molecule has 0 spiro atoms. The fourth-order valence-corrected chi connectivity index (χ4v) is 4.84. The quantitative estimate of drug-likeness (QED) is 0.297. The van der Waals surface area contributed by atoms with Gasteiger partial charge in [-0.2, -0.15) is 0 Å². The zero-order valence-electron chi connectivity index (χ0n) is 17.7. The molecule has 1 amide bonds. The molecule has 162 valence electrons. The van der Waals surface area contributed by atoms with Crippen LogP contribution in [-0.4, -0.2) is 34.5 Å². The predicted molar refractivity (Wildman–Crippen MR) is 130 cm³/mol. The number of carbonyl (C=O) groups is 1. The van der Waals surface area contributed by atoms with Crippen molar-refractivity contribution in [2.24, 2.45) is 0 Å². The summed E-state index contributed by atoms with van der Waals surface area (Å²) < 4.78 is 1.60. The number of nitrogens with zero attached hydrogens (tertiary/aromatic N) is 3. The fourth-order valence-electron chi connectivity index (χ4n) is 3.40. The van der Waals surface area contributed by atoms with Crippen molar-refractivity contribution in [3.8, 4) is 0 Å². The first-order valence-corrected chi connectivity index (χ1v) is 11.4. The van der Waals surface area contributed by atoms with Crippen LogP contribution in [0.25, 0.3) is 10.9 Å². The average Bonchev–Trinajstić information content (AvgIpc) is 2.81. The van der Waals surface area contributed by atoms with Gasteiger partial charge in [-0.1, -0.05) is 84.0 Å². The molecule has 0 unspecified atom stereocenters. The van der Waals surface area contributed by atoms with Crippen LogP contribution in [-0.2, 0) is 11.3 Å². The van der Waals surface area contributed by atoms with Gasteiger partial charge >= 0.3 is 0 Å². The van der Waals surface area contributed by atoms with Crippen LogP contribution in [0.15, 0.2) is 88.8 Å². The Bertz CT molecular complexity index is 1320. The molecule has 7 heteroatoms. The second-order valence-corrected chi connectivity index (χ2v) is 9.01. The van der Waals surface area contributed by atoms with Gasteiger partial charge in [-0.25, -0.2) is 4.98 Å². The van der Waals surface area contributed by atoms with Gasteiger partial charge in [0.25, 0.3) is 5.56 Å². The van der Waals surface area contributed by atoms with Crippen molar-refractivity contribution in [3.05, 3.63) is 105 Å². The molecule has 32 heavy (non-hydrogen) atoms. The third-order valence-electron chi connectivity index (χ3n) is 5.10. The Morgan fingerprint density at radius 1 is 1.00 bits per heavy atom. The van der Waals surface area contributed by atoms with Crippen molar-refractivity contribution < 1.29 is 4.79 Å². The van der Waals surface area contributed by atoms with E-state index in [-0.39, 0.29) is 18.0 Å². The highest BCUT2D eigenvalue weighted by Crippen LogP contribution is 2.36. The molecule has 3 aromatic carbocycles. The molecule has 4 rings (SSSR count). The van der Waals surface area contributed by atoms with Gasteiger partial charge < -0.3 is 4.90 Å². The summed E-state index contributed by atoms with van der Waals surface area (Å²) in [4.78, 5) is 32.9. The van der Waals surface area contributed by atoms with E-state index in [9.17, 15) is 9.59 Å². The summed E-state index contributed by atoms with van der Waals surface area (Å²) in [6.07, 6.45) is 0. The van der Waals surface area contributed by atoms with Gasteiger partial charge in [0, 0.05) is 19.1 Å². The topological polar surface area (TPSA) is 55.2 Å². The van der Waals surface area contributed by atoms with Gasteiger partial charge in [-0.15, -0.1) is 0 Å². The van der Waals surface area contributed by atoms with Gasteiger partial charge in [0.05, 0.1) is 17.4 Å². The van der Waals surface area contributed by atoms with E-state index < -0.39 is 5.25 Å². The van der Waals surface area contributed by atoms with Gasteiger partial charge in [0.15, 0.2) is 5.16 Å². The molecule has 0 fully saturated rings. The summed E-state index contributed by atoms with van der Waals surface area (Å²) in [7, 11) is 3.45. The summed E-state index contributed by atoms with van der Waals surface area (Å²) in [5, 5.41) is 1.03. The number of fused-ring (bicyclic) bond motifs is 1. The second-order valence-electron chi connectivity index (χ2n) is 7.54. The van der Waals surface area contributed by atoms with Crippen LogP contribution in [0.4, 0.5) is 0 Å². The Hall–Kier alpha value is -3.09. The molecule has 4 aromatic rings. The number of likely N-dealkylation sites (N-methyl/N-ethyl adjacent to an activating group) is 1. The lowest BCUT2D eigenvalue weighted by atomic mass is 10.1. The van der Waals surface area contributed by atoms with E-state index >= 15 is 0 Å². The number of carbonyl (C=O) groups excluding carboxylic acids is 1. The number of para-hydroxylation sites is 1. The van der Waals surface area contributed by atoms with E-state index in [2.05, 4.69) is 0 Å². The number of amides is 1. The number of aromatic nitrogens is 2. The van der Waals surface area contributed by atoms with E-state index in [1.54, 1.807) is 35.7 Å². The van der Waals surface area contributed by atoms with Crippen LogP contribution in [0.3, 0.4) is 0 Å². The Labute approximate surface area is 195 Å². The Morgan fingerprint density at radius 2 is 1.66 bits per heavy atom. The van der Waals surface area contributed by atoms with Gasteiger partial charge in [0.2, 0.25) is 5.91 Å². The van der Waals surface area contributed by atoms with E-state index in [4.69, 9.17) is 16.6 Å². The number of hydrogen-bond donors (Lipinski definition) is 0. The van der Waals surface area contributed by atoms with Crippen LogP contribution in [0.1, 0.15) is 16.4 Å². The number of rotatable bonds is 6. The summed E-state index contributed by atoms with van der Waals surface area (Å²) in [5.41, 5.74) is 2.09. The zero-order valence-corrected chi connectivity index (χ0v) is 19.3. The third-order valence-corrected chi connectivity index (χ3v) is 6.70. The Kier molecular flexibility index (Phi) is 6.63. The van der Waals surface area contributed by atoms with Gasteiger partial charge in [-0.05, 0) is 29.3 Å². The van der Waals surface area contributed by atoms with Crippen molar-refractivity contribution in [2.75, 3.05) is 14.1 Å². The summed E-state index contributed by atoms with van der Waals surface area (Å²) in [6.45, 7) is 0.260. The summed E-state index contributed by atoms with van der Waals surface area (Å²) in [6, 6.07) is 24.2. The molecule has 5 nitrogen and oxygen atoms in total. The number of thioether (sulfide) groups is 1. The van der Waals surface area contributed by atoms with Crippen molar-refractivity contribution in [1.82, 2.24) is 14.5 Å². The van der Waals surface area contributed by atoms with Crippen LogP contribution < -0.4 is 5.56 Å². The standard InChI is InChI=1S/C25H22ClN3O2S/c1-28(2)24(31)22(17-10-4-3-5-11-17)32-25-27-21-15-9-7-13-19(21)23(30)29(25)16-18-12-6-8-14-20(18)26/h3-15,22H,16H2,1-2H3/t22-/m0/s1. The minimum absolute atomic E-state index is 0.0760. The van der Waals surface area contributed by atoms with E-state index in [1.165, 1.54) is 11.8 Å². The number of halogens is 1. The molecule has 0 N–H and O–H groups in total. The molecule has 0 saturated heterocycles. The molecule has 0 aliphatic carbocycles. The molecule has 0 radical (unpaired) electrons. The minimum atomic E-state index is -0.545. The molecule has 1 atom stereocenters. The molecular formula is C25H22ClN3O2S. The lowest BCUT2D eigenvalue weighted by Crippen LogP contribution is -2.29. The molecule has 0 saturated carbocycles.